The molecule has 0 N–H and O–H groups in total. The molecular formula is C15H15N3. The minimum atomic E-state index is 0.786. The highest BCUT2D eigenvalue weighted by Crippen LogP contribution is 2.20. The Morgan fingerprint density at radius 3 is 2.17 bits per heavy atom. The second kappa shape index (κ2) is 4.53. The van der Waals surface area contributed by atoms with Gasteiger partial charge in [-0.2, -0.15) is 5.10 Å². The quantitative estimate of drug-likeness (QED) is 0.799. The number of amidine groups is 1. The van der Waals surface area contributed by atoms with Crippen molar-refractivity contribution in [2.24, 2.45) is 5.10 Å². The summed E-state index contributed by atoms with van der Waals surface area (Å²) in [5, 5.41) is 6.70. The van der Waals surface area contributed by atoms with Crippen molar-refractivity contribution in [3.05, 3.63) is 66.2 Å². The molecule has 3 rings (SSSR count). The van der Waals surface area contributed by atoms with Crippen molar-refractivity contribution >= 4 is 11.5 Å². The molecule has 0 aliphatic carbocycles. The fourth-order valence-electron chi connectivity index (χ4n) is 2.10. The van der Waals surface area contributed by atoms with Crippen LogP contribution in [0.5, 0.6) is 0 Å². The normalized spacial score (nSPS) is 14.8. The highest BCUT2D eigenvalue weighted by molar-refractivity contribution is 6.00. The first kappa shape index (κ1) is 10.8. The maximum Gasteiger partial charge on any atom is 0.157 e. The Morgan fingerprint density at radius 2 is 1.50 bits per heavy atom. The van der Waals surface area contributed by atoms with Gasteiger partial charge in [0, 0.05) is 12.6 Å². The summed E-state index contributed by atoms with van der Waals surface area (Å²) in [5.41, 5.74) is 2.27. The molecule has 3 heteroatoms. The van der Waals surface area contributed by atoms with Gasteiger partial charge in [0.25, 0.3) is 0 Å². The number of benzene rings is 2. The van der Waals surface area contributed by atoms with E-state index >= 15 is 0 Å². The van der Waals surface area contributed by atoms with Crippen molar-refractivity contribution in [3.8, 4) is 0 Å². The molecule has 0 amide bonds. The van der Waals surface area contributed by atoms with Crippen molar-refractivity contribution in [1.82, 2.24) is 4.90 Å². The minimum Gasteiger partial charge on any atom is -0.338 e. The maximum absolute atomic E-state index is 4.69. The van der Waals surface area contributed by atoms with Crippen molar-refractivity contribution in [2.45, 2.75) is 0 Å². The second-order valence-corrected chi connectivity index (χ2v) is 4.36. The highest BCUT2D eigenvalue weighted by atomic mass is 15.6. The molecule has 18 heavy (non-hydrogen) atoms. The topological polar surface area (TPSA) is 18.8 Å². The Kier molecular flexibility index (Phi) is 2.73. The zero-order valence-electron chi connectivity index (χ0n) is 10.3. The molecule has 0 radical (unpaired) electrons. The molecule has 90 valence electrons. The van der Waals surface area contributed by atoms with Gasteiger partial charge in [-0.3, -0.25) is 0 Å². The molecule has 0 atom stereocenters. The average molecular weight is 237 g/mol. The van der Waals surface area contributed by atoms with E-state index in [1.807, 2.05) is 41.4 Å². The van der Waals surface area contributed by atoms with Crippen molar-refractivity contribution in [1.29, 1.82) is 0 Å². The SMILES string of the molecule is CN1CN(c2ccccc2)N=C1c1ccccc1. The van der Waals surface area contributed by atoms with Gasteiger partial charge < -0.3 is 4.90 Å². The van der Waals surface area contributed by atoms with E-state index in [4.69, 9.17) is 0 Å². The van der Waals surface area contributed by atoms with Crippen LogP contribution in [0.3, 0.4) is 0 Å². The highest BCUT2D eigenvalue weighted by Gasteiger charge is 2.21. The lowest BCUT2D eigenvalue weighted by Gasteiger charge is -2.16. The summed E-state index contributed by atoms with van der Waals surface area (Å²) in [6, 6.07) is 20.5. The first-order chi connectivity index (χ1) is 8.84. The van der Waals surface area contributed by atoms with Crippen LogP contribution in [-0.4, -0.2) is 24.5 Å². The van der Waals surface area contributed by atoms with Gasteiger partial charge in [-0.25, -0.2) is 5.01 Å². The van der Waals surface area contributed by atoms with E-state index < -0.39 is 0 Å². The second-order valence-electron chi connectivity index (χ2n) is 4.36. The van der Waals surface area contributed by atoms with Crippen molar-refractivity contribution < 1.29 is 0 Å². The van der Waals surface area contributed by atoms with Gasteiger partial charge in [0.15, 0.2) is 5.84 Å². The van der Waals surface area contributed by atoms with Gasteiger partial charge in [0.1, 0.15) is 6.67 Å². The third kappa shape index (κ3) is 1.95. The standard InChI is InChI=1S/C15H15N3/c1-17-12-18(14-10-6-3-7-11-14)16-15(17)13-8-4-2-5-9-13/h2-11H,12H2,1H3. The number of hydrogen-bond acceptors (Lipinski definition) is 3. The number of para-hydroxylation sites is 1. The number of anilines is 1. The third-order valence-electron chi connectivity index (χ3n) is 3.01. The average Bonchev–Trinajstić information content (AvgIpc) is 2.83. The number of hydrogen-bond donors (Lipinski definition) is 0. The lowest BCUT2D eigenvalue weighted by molar-refractivity contribution is 0.539. The van der Waals surface area contributed by atoms with Gasteiger partial charge in [0.2, 0.25) is 0 Å². The first-order valence-corrected chi connectivity index (χ1v) is 6.02. The molecule has 0 spiro atoms. The van der Waals surface area contributed by atoms with Gasteiger partial charge in [-0.1, -0.05) is 48.5 Å². The monoisotopic (exact) mass is 237 g/mol. The summed E-state index contributed by atoms with van der Waals surface area (Å²) in [6.07, 6.45) is 0. The van der Waals surface area contributed by atoms with Crippen LogP contribution in [-0.2, 0) is 0 Å². The summed E-state index contributed by atoms with van der Waals surface area (Å²) in [6.45, 7) is 0.786. The fourth-order valence-corrected chi connectivity index (χ4v) is 2.10. The number of rotatable bonds is 2. The van der Waals surface area contributed by atoms with E-state index in [0.717, 1.165) is 23.8 Å². The van der Waals surface area contributed by atoms with Crippen LogP contribution in [0, 0.1) is 0 Å². The van der Waals surface area contributed by atoms with Gasteiger partial charge >= 0.3 is 0 Å². The molecule has 0 unspecified atom stereocenters. The molecule has 3 nitrogen and oxygen atoms in total. The van der Waals surface area contributed by atoms with Crippen LogP contribution in [0.2, 0.25) is 0 Å². The Labute approximate surface area is 107 Å². The molecular weight excluding hydrogens is 222 g/mol. The first-order valence-electron chi connectivity index (χ1n) is 6.02. The predicted octanol–water partition coefficient (Wildman–Crippen LogP) is 2.76. The van der Waals surface area contributed by atoms with Crippen molar-refractivity contribution in [3.63, 3.8) is 0 Å². The Bertz CT molecular complexity index is 548. The van der Waals surface area contributed by atoms with Crippen LogP contribution in [0.15, 0.2) is 65.8 Å². The van der Waals surface area contributed by atoms with Crippen LogP contribution in [0.25, 0.3) is 0 Å². The Morgan fingerprint density at radius 1 is 0.889 bits per heavy atom. The third-order valence-corrected chi connectivity index (χ3v) is 3.01. The maximum atomic E-state index is 4.69. The zero-order chi connectivity index (χ0) is 12.4. The summed E-state index contributed by atoms with van der Waals surface area (Å²) < 4.78 is 0. The number of nitrogens with zero attached hydrogens (tertiary/aromatic N) is 3. The van der Waals surface area contributed by atoms with Crippen LogP contribution >= 0.6 is 0 Å². The van der Waals surface area contributed by atoms with Gasteiger partial charge in [-0.15, -0.1) is 0 Å². The number of hydrazone groups is 1. The van der Waals surface area contributed by atoms with E-state index in [-0.39, 0.29) is 0 Å². The largest absolute Gasteiger partial charge is 0.338 e. The smallest absolute Gasteiger partial charge is 0.157 e. The lowest BCUT2D eigenvalue weighted by atomic mass is 10.2. The predicted molar refractivity (Wildman–Crippen MR) is 74.5 cm³/mol. The molecule has 0 saturated heterocycles. The summed E-state index contributed by atoms with van der Waals surface area (Å²) >= 11 is 0. The molecule has 1 heterocycles. The lowest BCUT2D eigenvalue weighted by Crippen LogP contribution is -2.27. The van der Waals surface area contributed by atoms with Crippen LogP contribution < -0.4 is 5.01 Å². The van der Waals surface area contributed by atoms with E-state index in [0.29, 0.717) is 0 Å². The van der Waals surface area contributed by atoms with Crippen LogP contribution in [0.4, 0.5) is 5.69 Å². The van der Waals surface area contributed by atoms with E-state index in [9.17, 15) is 0 Å². The van der Waals surface area contributed by atoms with Gasteiger partial charge in [0.05, 0.1) is 5.69 Å². The zero-order valence-corrected chi connectivity index (χ0v) is 10.3. The molecule has 0 fully saturated rings. The fraction of sp³-hybridized carbons (Fsp3) is 0.133. The van der Waals surface area contributed by atoms with Gasteiger partial charge in [-0.05, 0) is 12.1 Å². The molecule has 1 aliphatic rings. The molecule has 0 saturated carbocycles. The van der Waals surface area contributed by atoms with Crippen molar-refractivity contribution in [2.75, 3.05) is 18.7 Å². The summed E-state index contributed by atoms with van der Waals surface area (Å²) in [4.78, 5) is 2.16. The molecule has 0 aromatic heterocycles. The van der Waals surface area contributed by atoms with E-state index in [1.54, 1.807) is 0 Å². The molecule has 1 aliphatic heterocycles. The van der Waals surface area contributed by atoms with E-state index in [1.165, 1.54) is 0 Å². The van der Waals surface area contributed by atoms with Crippen LogP contribution in [0.1, 0.15) is 5.56 Å². The Hall–Kier alpha value is -2.29. The Balaban J connectivity index is 1.93. The molecule has 2 aromatic rings. The minimum absolute atomic E-state index is 0.786. The summed E-state index contributed by atoms with van der Waals surface area (Å²) in [7, 11) is 2.06. The molecule has 2 aromatic carbocycles. The summed E-state index contributed by atoms with van der Waals surface area (Å²) in [5.74, 6) is 1.01. The van der Waals surface area contributed by atoms with E-state index in [2.05, 4.69) is 41.3 Å². The molecule has 0 bridgehead atoms.